The van der Waals surface area contributed by atoms with Crippen LogP contribution in [0.2, 0.25) is 0 Å². The average molecular weight is 280 g/mol. The molecule has 0 spiro atoms. The maximum atomic E-state index is 9.90. The van der Waals surface area contributed by atoms with E-state index in [0.29, 0.717) is 14.5 Å². The monoisotopic (exact) mass is 281 g/mol. The molecule has 3 rings (SSSR count). The Morgan fingerprint density at radius 3 is 3.00 bits per heavy atom. The second-order valence-electron chi connectivity index (χ2n) is 3.93. The molecule has 0 fully saturated rings. The Balaban J connectivity index is 2.27. The van der Waals surface area contributed by atoms with Gasteiger partial charge in [-0.05, 0) is 0 Å². The van der Waals surface area contributed by atoms with Gasteiger partial charge in [0.1, 0.15) is 0 Å². The number of nitrogens with zero attached hydrogens (tertiary/aromatic N) is 1. The number of rotatable bonds is 0. The van der Waals surface area contributed by atoms with Gasteiger partial charge < -0.3 is 0 Å². The van der Waals surface area contributed by atoms with E-state index < -0.39 is 6.29 Å². The predicted molar refractivity (Wildman–Crippen MR) is 61.7 cm³/mol. The fourth-order valence-electron chi connectivity index (χ4n) is 1.91. The van der Waals surface area contributed by atoms with Crippen molar-refractivity contribution in [1.82, 2.24) is 4.98 Å². The number of aryl methyl sites for hydroxylation is 2. The number of ether oxygens (including phenoxy) is 1. The zero-order valence-corrected chi connectivity index (χ0v) is 10.7. The Hall–Kier alpha value is -1.09. The van der Waals surface area contributed by atoms with E-state index in [-0.39, 0.29) is 0 Å². The van der Waals surface area contributed by atoms with Crippen molar-refractivity contribution in [3.05, 3.63) is 34.0 Å². The second-order valence-corrected chi connectivity index (χ2v) is 6.57. The van der Waals surface area contributed by atoms with Gasteiger partial charge in [-0.3, -0.25) is 0 Å². The van der Waals surface area contributed by atoms with Crippen molar-refractivity contribution in [1.29, 1.82) is 0 Å². The summed E-state index contributed by atoms with van der Waals surface area (Å²) in [7, 11) is 0. The third kappa shape index (κ3) is 1.42. The molecule has 16 heavy (non-hydrogen) atoms. The van der Waals surface area contributed by atoms with E-state index in [1.807, 2.05) is 25.3 Å². The molecule has 0 aromatic carbocycles. The number of aromatic nitrogens is 1. The summed E-state index contributed by atoms with van der Waals surface area (Å²) in [5.41, 5.74) is 2.86. The molecule has 3 nitrogen and oxygen atoms in total. The van der Waals surface area contributed by atoms with Crippen molar-refractivity contribution in [2.75, 3.05) is 0 Å². The molecule has 2 aromatic rings. The van der Waals surface area contributed by atoms with Gasteiger partial charge in [-0.1, -0.05) is 0 Å². The molecule has 0 amide bonds. The topological polar surface area (TPSA) is 42.4 Å². The minimum atomic E-state index is -0.816. The summed E-state index contributed by atoms with van der Waals surface area (Å²) in [6.45, 7) is 4.01. The Morgan fingerprint density at radius 1 is 1.38 bits per heavy atom. The Bertz CT molecular complexity index is 562. The molecular formula is C12H11NO2Se. The molecule has 0 aliphatic carbocycles. The standard InChI is InChI=1S/C12H11NO2Se/c1-6-3-10-9(5-13-6)11-8(12(14)15-10)4-7(2)16-11/h3-5,12,14H,1-2H3. The number of aliphatic hydroxyl groups is 1. The number of hydrogen-bond acceptors (Lipinski definition) is 3. The molecule has 1 unspecified atom stereocenters. The fourth-order valence-corrected chi connectivity index (χ4v) is 4.11. The van der Waals surface area contributed by atoms with Gasteiger partial charge in [0.25, 0.3) is 0 Å². The Labute approximate surface area is 99.5 Å². The zero-order chi connectivity index (χ0) is 11.3. The number of fused-ring (bicyclic) bond motifs is 3. The van der Waals surface area contributed by atoms with Gasteiger partial charge in [0, 0.05) is 0 Å². The van der Waals surface area contributed by atoms with Crippen LogP contribution >= 0.6 is 0 Å². The van der Waals surface area contributed by atoms with Crippen LogP contribution in [0, 0.1) is 13.8 Å². The molecule has 3 heterocycles. The third-order valence-electron chi connectivity index (χ3n) is 2.64. The average Bonchev–Trinajstić information content (AvgIpc) is 2.60. The van der Waals surface area contributed by atoms with Gasteiger partial charge in [-0.25, -0.2) is 0 Å². The van der Waals surface area contributed by atoms with E-state index in [1.54, 1.807) is 0 Å². The van der Waals surface area contributed by atoms with E-state index in [0.717, 1.165) is 22.6 Å². The first kappa shape index (κ1) is 10.1. The first-order chi connectivity index (χ1) is 7.65. The first-order valence-electron chi connectivity index (χ1n) is 5.07. The number of hydrogen-bond donors (Lipinski definition) is 1. The van der Waals surface area contributed by atoms with Gasteiger partial charge in [0.2, 0.25) is 0 Å². The van der Waals surface area contributed by atoms with Crippen molar-refractivity contribution < 1.29 is 9.84 Å². The molecule has 2 aromatic heterocycles. The van der Waals surface area contributed by atoms with Crippen molar-refractivity contribution >= 4 is 14.5 Å². The number of aliphatic hydroxyl groups excluding tert-OH is 1. The summed E-state index contributed by atoms with van der Waals surface area (Å²) < 4.78 is 8.03. The minimum absolute atomic E-state index is 0.297. The summed E-state index contributed by atoms with van der Waals surface area (Å²) in [6, 6.07) is 3.91. The van der Waals surface area contributed by atoms with Crippen molar-refractivity contribution in [2.24, 2.45) is 0 Å². The van der Waals surface area contributed by atoms with Crippen molar-refractivity contribution in [3.8, 4) is 15.8 Å². The third-order valence-corrected chi connectivity index (χ3v) is 4.94. The van der Waals surface area contributed by atoms with Crippen molar-refractivity contribution in [2.45, 2.75) is 20.1 Å². The van der Waals surface area contributed by atoms with E-state index in [9.17, 15) is 5.11 Å². The molecule has 0 saturated heterocycles. The van der Waals surface area contributed by atoms with Gasteiger partial charge in [0.05, 0.1) is 0 Å². The molecular weight excluding hydrogens is 269 g/mol. The molecule has 0 bridgehead atoms. The van der Waals surface area contributed by atoms with Gasteiger partial charge >= 0.3 is 99.2 Å². The Kier molecular flexibility index (Phi) is 2.18. The van der Waals surface area contributed by atoms with Gasteiger partial charge in [-0.15, -0.1) is 0 Å². The van der Waals surface area contributed by atoms with Crippen LogP contribution in [0.1, 0.15) is 22.0 Å². The molecule has 0 saturated carbocycles. The number of pyridine rings is 1. The predicted octanol–water partition coefficient (Wildman–Crippen LogP) is 1.81. The van der Waals surface area contributed by atoms with Crippen LogP contribution in [0.15, 0.2) is 18.3 Å². The van der Waals surface area contributed by atoms with Gasteiger partial charge in [-0.2, -0.15) is 0 Å². The molecule has 1 aliphatic rings. The molecule has 1 N–H and O–H groups in total. The zero-order valence-electron chi connectivity index (χ0n) is 9.02. The normalized spacial score (nSPS) is 17.6. The van der Waals surface area contributed by atoms with Crippen LogP contribution in [0.3, 0.4) is 0 Å². The maximum absolute atomic E-state index is 9.90. The van der Waals surface area contributed by atoms with E-state index in [1.165, 1.54) is 8.87 Å². The van der Waals surface area contributed by atoms with Crippen LogP contribution in [0.5, 0.6) is 5.75 Å². The molecule has 82 valence electrons. The molecule has 0 radical (unpaired) electrons. The van der Waals surface area contributed by atoms with Crippen LogP contribution in [0.4, 0.5) is 0 Å². The van der Waals surface area contributed by atoms with Crippen LogP contribution < -0.4 is 4.74 Å². The summed E-state index contributed by atoms with van der Waals surface area (Å²) in [6.07, 6.45) is 1.03. The van der Waals surface area contributed by atoms with E-state index >= 15 is 0 Å². The summed E-state index contributed by atoms with van der Waals surface area (Å²) >= 11 is 0.297. The first-order valence-corrected chi connectivity index (χ1v) is 6.78. The quantitative estimate of drug-likeness (QED) is 0.748. The SMILES string of the molecule is Cc1cc2c(cn1)-c1[se]c(C)cc1C(O)O2. The van der Waals surface area contributed by atoms with Crippen molar-refractivity contribution in [3.63, 3.8) is 0 Å². The summed E-state index contributed by atoms with van der Waals surface area (Å²) in [5.74, 6) is 0.753. The molecule has 1 aliphatic heterocycles. The molecule has 4 heteroatoms. The molecule has 1 atom stereocenters. The summed E-state index contributed by atoms with van der Waals surface area (Å²) in [5, 5.41) is 9.90. The van der Waals surface area contributed by atoms with Crippen LogP contribution in [-0.4, -0.2) is 24.6 Å². The fraction of sp³-hybridized carbons (Fsp3) is 0.250. The summed E-state index contributed by atoms with van der Waals surface area (Å²) in [4.78, 5) is 4.29. The van der Waals surface area contributed by atoms with Crippen LogP contribution in [0.25, 0.3) is 10.0 Å². The second kappa shape index (κ2) is 3.45. The van der Waals surface area contributed by atoms with E-state index in [4.69, 9.17) is 4.74 Å². The van der Waals surface area contributed by atoms with E-state index in [2.05, 4.69) is 11.9 Å². The van der Waals surface area contributed by atoms with Crippen LogP contribution in [-0.2, 0) is 0 Å². The Morgan fingerprint density at radius 2 is 2.19 bits per heavy atom. The van der Waals surface area contributed by atoms with Gasteiger partial charge in [0.15, 0.2) is 0 Å².